The van der Waals surface area contributed by atoms with E-state index in [1.54, 1.807) is 13.8 Å². The molecule has 1 unspecified atom stereocenters. The number of carbonyl (C=O) groups is 2. The molecule has 0 aliphatic rings. The van der Waals surface area contributed by atoms with Gasteiger partial charge in [-0.25, -0.2) is 0 Å². The number of rotatable bonds is 6. The summed E-state index contributed by atoms with van der Waals surface area (Å²) < 4.78 is 0. The average Bonchev–Trinajstić information content (AvgIpc) is 2.44. The number of halogens is 2. The first-order chi connectivity index (χ1) is 10.2. The smallest absolute Gasteiger partial charge is 0.310 e. The molecule has 0 fully saturated rings. The number of alkyl halides is 1. The van der Waals surface area contributed by atoms with Crippen molar-refractivity contribution in [2.75, 3.05) is 11.6 Å². The molecule has 1 atom stereocenters. The maximum Gasteiger partial charge on any atom is 0.310 e. The van der Waals surface area contributed by atoms with Crippen LogP contribution in [0.15, 0.2) is 12.1 Å². The van der Waals surface area contributed by atoms with Crippen molar-refractivity contribution >= 4 is 46.3 Å². The molecule has 0 saturated heterocycles. The van der Waals surface area contributed by atoms with Gasteiger partial charge in [-0.05, 0) is 25.5 Å². The molecule has 3 N–H and O–H groups in total. The summed E-state index contributed by atoms with van der Waals surface area (Å²) in [6.45, 7) is 3.27. The molecule has 9 heteroatoms. The second-order valence-corrected chi connectivity index (χ2v) is 5.52. The van der Waals surface area contributed by atoms with Gasteiger partial charge in [0.1, 0.15) is 10.7 Å². The van der Waals surface area contributed by atoms with Gasteiger partial charge in [0.05, 0.1) is 16.3 Å². The number of Topliss-reactive ketones (excluding diaryl/α,β-unsaturated/α-hetero) is 1. The van der Waals surface area contributed by atoms with Crippen molar-refractivity contribution in [3.05, 3.63) is 32.8 Å². The van der Waals surface area contributed by atoms with Crippen LogP contribution in [-0.2, 0) is 4.79 Å². The van der Waals surface area contributed by atoms with Crippen LogP contribution in [0.4, 0.5) is 11.4 Å². The van der Waals surface area contributed by atoms with Gasteiger partial charge in [0.25, 0.3) is 5.91 Å². The van der Waals surface area contributed by atoms with E-state index < -0.39 is 22.1 Å². The summed E-state index contributed by atoms with van der Waals surface area (Å²) in [6, 6.07) is 2.27. The third-order valence-electron chi connectivity index (χ3n) is 3.37. The van der Waals surface area contributed by atoms with E-state index in [0.717, 1.165) is 12.1 Å². The minimum atomic E-state index is -1.14. The van der Waals surface area contributed by atoms with E-state index in [2.05, 4.69) is 5.32 Å². The number of carbonyl (C=O) groups excluding carboxylic acids is 2. The Kier molecular flexibility index (Phi) is 5.73. The first kappa shape index (κ1) is 18.2. The largest absolute Gasteiger partial charge is 0.393 e. The molecule has 0 aromatic heterocycles. The van der Waals surface area contributed by atoms with E-state index in [-0.39, 0.29) is 27.9 Å². The number of hydrogen-bond donors (Lipinski definition) is 2. The summed E-state index contributed by atoms with van der Waals surface area (Å²) in [5.41, 5.74) is 3.74. The molecule has 1 aromatic rings. The normalized spacial score (nSPS) is 13.3. The van der Waals surface area contributed by atoms with Crippen molar-refractivity contribution in [1.82, 2.24) is 5.32 Å². The van der Waals surface area contributed by atoms with E-state index in [4.69, 9.17) is 28.9 Å². The maximum atomic E-state index is 12.2. The van der Waals surface area contributed by atoms with Gasteiger partial charge in [0.2, 0.25) is 0 Å². The maximum absolute atomic E-state index is 12.2. The number of ketones is 1. The van der Waals surface area contributed by atoms with Gasteiger partial charge in [-0.1, -0.05) is 18.5 Å². The number of nitrogens with zero attached hydrogens (tertiary/aromatic N) is 1. The number of anilines is 1. The Morgan fingerprint density at radius 1 is 1.45 bits per heavy atom. The zero-order chi connectivity index (χ0) is 17.1. The fourth-order valence-electron chi connectivity index (χ4n) is 1.77. The fraction of sp³-hybridized carbons (Fsp3) is 0.385. The van der Waals surface area contributed by atoms with Crippen LogP contribution in [0.2, 0.25) is 5.02 Å². The van der Waals surface area contributed by atoms with Gasteiger partial charge in [0, 0.05) is 5.56 Å². The summed E-state index contributed by atoms with van der Waals surface area (Å²) in [4.78, 5) is 34.1. The molecule has 0 saturated carbocycles. The SMILES string of the molecule is CCC(C)(NC(=O)c1cc(N)c([N+](=O)[O-])c(Cl)c1)C(=O)CCl. The zero-order valence-electron chi connectivity index (χ0n) is 12.0. The minimum absolute atomic E-state index is 0.0233. The second kappa shape index (κ2) is 6.93. The van der Waals surface area contributed by atoms with Crippen LogP contribution in [-0.4, -0.2) is 28.0 Å². The van der Waals surface area contributed by atoms with E-state index in [1.165, 1.54) is 0 Å². The lowest BCUT2D eigenvalue weighted by atomic mass is 9.93. The highest BCUT2D eigenvalue weighted by Crippen LogP contribution is 2.32. The van der Waals surface area contributed by atoms with Gasteiger partial charge < -0.3 is 11.1 Å². The molecule has 1 amide bonds. The first-order valence-electron chi connectivity index (χ1n) is 6.31. The van der Waals surface area contributed by atoms with Crippen molar-refractivity contribution in [2.24, 2.45) is 0 Å². The fourth-order valence-corrected chi connectivity index (χ4v) is 2.36. The number of nitrogens with one attached hydrogen (secondary N) is 1. The van der Waals surface area contributed by atoms with Crippen molar-refractivity contribution in [3.63, 3.8) is 0 Å². The zero-order valence-corrected chi connectivity index (χ0v) is 13.5. The van der Waals surface area contributed by atoms with Gasteiger partial charge in [0.15, 0.2) is 5.78 Å². The Hall–Kier alpha value is -1.86. The van der Waals surface area contributed by atoms with Crippen molar-refractivity contribution < 1.29 is 14.5 Å². The highest BCUT2D eigenvalue weighted by Gasteiger charge is 2.32. The van der Waals surface area contributed by atoms with Gasteiger partial charge >= 0.3 is 5.69 Å². The molecule has 22 heavy (non-hydrogen) atoms. The average molecular weight is 348 g/mol. The molecule has 0 bridgehead atoms. The van der Waals surface area contributed by atoms with Crippen molar-refractivity contribution in [3.8, 4) is 0 Å². The third kappa shape index (κ3) is 3.66. The highest BCUT2D eigenvalue weighted by atomic mass is 35.5. The van der Waals surface area contributed by atoms with Crippen LogP contribution in [0, 0.1) is 10.1 Å². The van der Waals surface area contributed by atoms with Crippen LogP contribution in [0.3, 0.4) is 0 Å². The van der Waals surface area contributed by atoms with Crippen LogP contribution < -0.4 is 11.1 Å². The molecule has 0 radical (unpaired) electrons. The Labute approximate surface area is 136 Å². The van der Waals surface area contributed by atoms with Crippen LogP contribution in [0.1, 0.15) is 30.6 Å². The summed E-state index contributed by atoms with van der Waals surface area (Å²) in [6.07, 6.45) is 0.334. The summed E-state index contributed by atoms with van der Waals surface area (Å²) in [5, 5.41) is 13.1. The van der Waals surface area contributed by atoms with Crippen LogP contribution in [0.5, 0.6) is 0 Å². The number of benzene rings is 1. The lowest BCUT2D eigenvalue weighted by Crippen LogP contribution is -2.52. The summed E-state index contributed by atoms with van der Waals surface area (Å²) in [5.74, 6) is -1.20. The molecule has 7 nitrogen and oxygen atoms in total. The number of nitro groups is 1. The Balaban J connectivity index is 3.14. The molecular weight excluding hydrogens is 333 g/mol. The van der Waals surface area contributed by atoms with E-state index in [9.17, 15) is 19.7 Å². The van der Waals surface area contributed by atoms with Crippen LogP contribution >= 0.6 is 23.2 Å². The third-order valence-corrected chi connectivity index (χ3v) is 3.90. The molecule has 0 heterocycles. The quantitative estimate of drug-likeness (QED) is 0.355. The molecule has 120 valence electrons. The Morgan fingerprint density at radius 2 is 2.05 bits per heavy atom. The lowest BCUT2D eigenvalue weighted by molar-refractivity contribution is -0.383. The van der Waals surface area contributed by atoms with E-state index in [0.29, 0.717) is 6.42 Å². The lowest BCUT2D eigenvalue weighted by Gasteiger charge is -2.27. The summed E-state index contributed by atoms with van der Waals surface area (Å²) in [7, 11) is 0. The van der Waals surface area contributed by atoms with E-state index >= 15 is 0 Å². The predicted octanol–water partition coefficient (Wildman–Crippen LogP) is 2.54. The standard InChI is InChI=1S/C13H15Cl2N3O4/c1-3-13(2,10(19)6-14)17-12(20)7-4-8(15)11(18(21)22)9(16)5-7/h4-5H,3,6,16H2,1-2H3,(H,17,20). The predicted molar refractivity (Wildman–Crippen MR) is 84.4 cm³/mol. The Morgan fingerprint density at radius 3 is 2.45 bits per heavy atom. The van der Waals surface area contributed by atoms with Crippen LogP contribution in [0.25, 0.3) is 0 Å². The molecular formula is C13H15Cl2N3O4. The second-order valence-electron chi connectivity index (χ2n) is 4.85. The van der Waals surface area contributed by atoms with Gasteiger partial charge in [-0.15, -0.1) is 11.6 Å². The highest BCUT2D eigenvalue weighted by molar-refractivity contribution is 6.33. The summed E-state index contributed by atoms with van der Waals surface area (Å²) >= 11 is 11.3. The molecule has 0 aliphatic carbocycles. The van der Waals surface area contributed by atoms with Gasteiger partial charge in [-0.3, -0.25) is 19.7 Å². The Bertz CT molecular complexity index is 613. The number of nitrogen functional groups attached to an aromatic ring is 1. The van der Waals surface area contributed by atoms with Gasteiger partial charge in [-0.2, -0.15) is 0 Å². The number of nitro benzene ring substituents is 1. The number of hydrogen-bond acceptors (Lipinski definition) is 5. The topological polar surface area (TPSA) is 115 Å². The minimum Gasteiger partial charge on any atom is -0.393 e. The molecule has 0 aliphatic heterocycles. The molecule has 1 rings (SSSR count). The monoisotopic (exact) mass is 347 g/mol. The number of amides is 1. The van der Waals surface area contributed by atoms with Crippen molar-refractivity contribution in [1.29, 1.82) is 0 Å². The van der Waals surface area contributed by atoms with Crippen molar-refractivity contribution in [2.45, 2.75) is 25.8 Å². The number of nitrogens with two attached hydrogens (primary N) is 1. The molecule has 1 aromatic carbocycles. The van der Waals surface area contributed by atoms with E-state index in [1.807, 2.05) is 0 Å². The molecule has 0 spiro atoms. The first-order valence-corrected chi connectivity index (χ1v) is 7.22.